The molecule has 1 aliphatic rings. The maximum atomic E-state index is 12.8. The molecule has 0 aliphatic carbocycles. The van der Waals surface area contributed by atoms with Gasteiger partial charge in [-0.15, -0.1) is 0 Å². The standard InChI is InChI=1S/C23H25NO6S/c25-22(14-7-18-5-10-20(11-6-18)30-17-23(26)27)19-8-12-21(13-9-19)31(28,29)24-15-3-1-2-4-16-24/h5-14H,1-4,15-17H2,(H,26,27)/b14-7+. The first-order chi connectivity index (χ1) is 14.9. The first-order valence-corrected chi connectivity index (χ1v) is 11.6. The lowest BCUT2D eigenvalue weighted by Gasteiger charge is -2.19. The minimum Gasteiger partial charge on any atom is -0.482 e. The van der Waals surface area contributed by atoms with Crippen LogP contribution in [0.1, 0.15) is 41.6 Å². The van der Waals surface area contributed by atoms with Crippen molar-refractivity contribution in [2.24, 2.45) is 0 Å². The largest absolute Gasteiger partial charge is 0.482 e. The number of carbonyl (C=O) groups is 2. The Morgan fingerprint density at radius 3 is 2.13 bits per heavy atom. The van der Waals surface area contributed by atoms with Crippen molar-refractivity contribution in [3.05, 3.63) is 65.7 Å². The first kappa shape index (κ1) is 22.7. The summed E-state index contributed by atoms with van der Waals surface area (Å²) < 4.78 is 32.2. The number of sulfonamides is 1. The van der Waals surface area contributed by atoms with Gasteiger partial charge in [-0.25, -0.2) is 13.2 Å². The van der Waals surface area contributed by atoms with E-state index in [4.69, 9.17) is 9.84 Å². The molecular formula is C23H25NO6S. The fraction of sp³-hybridized carbons (Fsp3) is 0.304. The van der Waals surface area contributed by atoms with E-state index >= 15 is 0 Å². The number of ether oxygens (including phenoxy) is 1. The Hall–Kier alpha value is -2.97. The van der Waals surface area contributed by atoms with Gasteiger partial charge in [0, 0.05) is 18.7 Å². The average Bonchev–Trinajstić information content (AvgIpc) is 3.07. The van der Waals surface area contributed by atoms with Crippen molar-refractivity contribution in [3.63, 3.8) is 0 Å². The molecule has 1 fully saturated rings. The predicted molar refractivity (Wildman–Crippen MR) is 117 cm³/mol. The number of carboxylic acid groups (broad SMARTS) is 1. The van der Waals surface area contributed by atoms with E-state index in [2.05, 4.69) is 0 Å². The van der Waals surface area contributed by atoms with E-state index in [1.807, 2.05) is 0 Å². The highest BCUT2D eigenvalue weighted by molar-refractivity contribution is 7.89. The summed E-state index contributed by atoms with van der Waals surface area (Å²) in [6.07, 6.45) is 6.87. The van der Waals surface area contributed by atoms with Gasteiger partial charge in [0.25, 0.3) is 0 Å². The minimum atomic E-state index is -3.54. The quantitative estimate of drug-likeness (QED) is 0.494. The number of hydrogen-bond acceptors (Lipinski definition) is 5. The van der Waals surface area contributed by atoms with Gasteiger partial charge in [0.2, 0.25) is 10.0 Å². The fourth-order valence-corrected chi connectivity index (χ4v) is 4.83. The van der Waals surface area contributed by atoms with E-state index in [1.165, 1.54) is 34.6 Å². The van der Waals surface area contributed by atoms with Gasteiger partial charge < -0.3 is 9.84 Å². The normalized spacial score (nSPS) is 15.5. The molecule has 1 heterocycles. The summed E-state index contributed by atoms with van der Waals surface area (Å²) in [6.45, 7) is 0.648. The number of benzene rings is 2. The Bertz CT molecular complexity index is 1030. The zero-order chi connectivity index (χ0) is 22.3. The lowest BCUT2D eigenvalue weighted by molar-refractivity contribution is -0.139. The number of rotatable bonds is 8. The highest BCUT2D eigenvalue weighted by atomic mass is 32.2. The Morgan fingerprint density at radius 2 is 1.55 bits per heavy atom. The van der Waals surface area contributed by atoms with Crippen molar-refractivity contribution in [3.8, 4) is 5.75 Å². The molecule has 0 spiro atoms. The molecule has 0 saturated carbocycles. The van der Waals surface area contributed by atoms with E-state index in [-0.39, 0.29) is 10.7 Å². The average molecular weight is 444 g/mol. The molecule has 0 bridgehead atoms. The van der Waals surface area contributed by atoms with Crippen molar-refractivity contribution in [2.45, 2.75) is 30.6 Å². The van der Waals surface area contributed by atoms with Crippen LogP contribution in [-0.4, -0.2) is 49.3 Å². The highest BCUT2D eigenvalue weighted by Gasteiger charge is 2.25. The van der Waals surface area contributed by atoms with Crippen LogP contribution in [0.3, 0.4) is 0 Å². The lowest BCUT2D eigenvalue weighted by atomic mass is 10.1. The van der Waals surface area contributed by atoms with E-state index in [0.717, 1.165) is 31.2 Å². The molecule has 3 rings (SSSR count). The Kier molecular flexibility index (Phi) is 7.59. The van der Waals surface area contributed by atoms with Gasteiger partial charge in [-0.3, -0.25) is 4.79 Å². The van der Waals surface area contributed by atoms with E-state index in [9.17, 15) is 18.0 Å². The summed E-state index contributed by atoms with van der Waals surface area (Å²) >= 11 is 0. The smallest absolute Gasteiger partial charge is 0.341 e. The van der Waals surface area contributed by atoms with Gasteiger partial charge in [0.1, 0.15) is 5.75 Å². The summed E-state index contributed by atoms with van der Waals surface area (Å²) in [6, 6.07) is 12.7. The topological polar surface area (TPSA) is 101 Å². The van der Waals surface area contributed by atoms with Crippen LogP contribution in [0, 0.1) is 0 Å². The molecule has 0 aromatic heterocycles. The molecule has 1 aliphatic heterocycles. The van der Waals surface area contributed by atoms with Crippen molar-refractivity contribution >= 4 is 27.9 Å². The van der Waals surface area contributed by atoms with Crippen LogP contribution in [0.4, 0.5) is 0 Å². The zero-order valence-electron chi connectivity index (χ0n) is 17.1. The summed E-state index contributed by atoms with van der Waals surface area (Å²) in [5.41, 5.74) is 1.14. The number of ketones is 1. The molecule has 7 nitrogen and oxygen atoms in total. The monoisotopic (exact) mass is 443 g/mol. The third kappa shape index (κ3) is 6.26. The second kappa shape index (κ2) is 10.4. The van der Waals surface area contributed by atoms with Gasteiger partial charge in [0.05, 0.1) is 4.90 Å². The second-order valence-corrected chi connectivity index (χ2v) is 9.23. The third-order valence-electron chi connectivity index (χ3n) is 5.01. The maximum absolute atomic E-state index is 12.8. The van der Waals surface area contributed by atoms with Crippen LogP contribution in [-0.2, 0) is 14.8 Å². The van der Waals surface area contributed by atoms with Gasteiger partial charge in [-0.2, -0.15) is 4.31 Å². The molecule has 0 amide bonds. The number of allylic oxidation sites excluding steroid dienone is 1. The van der Waals surface area contributed by atoms with Gasteiger partial charge >= 0.3 is 5.97 Å². The van der Waals surface area contributed by atoms with Crippen LogP contribution >= 0.6 is 0 Å². The molecular weight excluding hydrogens is 418 g/mol. The number of carbonyl (C=O) groups excluding carboxylic acids is 1. The number of carboxylic acids is 1. The highest BCUT2D eigenvalue weighted by Crippen LogP contribution is 2.21. The van der Waals surface area contributed by atoms with Crippen molar-refractivity contribution in [1.82, 2.24) is 4.31 Å². The van der Waals surface area contributed by atoms with Crippen LogP contribution in [0.2, 0.25) is 0 Å². The molecule has 164 valence electrons. The molecule has 0 radical (unpaired) electrons. The molecule has 2 aromatic carbocycles. The van der Waals surface area contributed by atoms with E-state index in [0.29, 0.717) is 24.4 Å². The SMILES string of the molecule is O=C(O)COc1ccc(/C=C/C(=O)c2ccc(S(=O)(=O)N3CCCCCC3)cc2)cc1. The first-order valence-electron chi connectivity index (χ1n) is 10.1. The second-order valence-electron chi connectivity index (χ2n) is 7.29. The Balaban J connectivity index is 1.64. The van der Waals surface area contributed by atoms with Crippen molar-refractivity contribution in [2.75, 3.05) is 19.7 Å². The van der Waals surface area contributed by atoms with Gasteiger partial charge in [0.15, 0.2) is 12.4 Å². The van der Waals surface area contributed by atoms with E-state index < -0.39 is 22.6 Å². The molecule has 0 unspecified atom stereocenters. The Labute approximate surface area is 182 Å². The van der Waals surface area contributed by atoms with Crippen LogP contribution in [0.5, 0.6) is 5.75 Å². The molecule has 31 heavy (non-hydrogen) atoms. The molecule has 8 heteroatoms. The van der Waals surface area contributed by atoms with Gasteiger partial charge in [-0.1, -0.05) is 31.1 Å². The third-order valence-corrected chi connectivity index (χ3v) is 6.92. The fourth-order valence-electron chi connectivity index (χ4n) is 3.31. The molecule has 0 atom stereocenters. The lowest BCUT2D eigenvalue weighted by Crippen LogP contribution is -2.31. The zero-order valence-corrected chi connectivity index (χ0v) is 17.9. The van der Waals surface area contributed by atoms with Crippen LogP contribution in [0.15, 0.2) is 59.5 Å². The summed E-state index contributed by atoms with van der Waals surface area (Å²) in [4.78, 5) is 23.1. The maximum Gasteiger partial charge on any atom is 0.341 e. The molecule has 2 aromatic rings. The summed E-state index contributed by atoms with van der Waals surface area (Å²) in [5.74, 6) is -0.878. The van der Waals surface area contributed by atoms with Crippen LogP contribution in [0.25, 0.3) is 6.08 Å². The Morgan fingerprint density at radius 1 is 0.935 bits per heavy atom. The van der Waals surface area contributed by atoms with Crippen LogP contribution < -0.4 is 4.74 Å². The van der Waals surface area contributed by atoms with E-state index in [1.54, 1.807) is 30.3 Å². The van der Waals surface area contributed by atoms with Gasteiger partial charge in [-0.05, 0) is 60.9 Å². The summed E-state index contributed by atoms with van der Waals surface area (Å²) in [5, 5.41) is 8.61. The van der Waals surface area contributed by atoms with Crippen molar-refractivity contribution < 1.29 is 27.9 Å². The van der Waals surface area contributed by atoms with Crippen molar-refractivity contribution in [1.29, 1.82) is 0 Å². The number of hydrogen-bond donors (Lipinski definition) is 1. The molecule has 1 saturated heterocycles. The number of aliphatic carboxylic acids is 1. The minimum absolute atomic E-state index is 0.201. The number of nitrogens with zero attached hydrogens (tertiary/aromatic N) is 1. The molecule has 1 N–H and O–H groups in total. The summed E-state index contributed by atoms with van der Waals surface area (Å²) in [7, 11) is -3.54. The predicted octanol–water partition coefficient (Wildman–Crippen LogP) is 3.61.